The van der Waals surface area contributed by atoms with E-state index >= 15 is 0 Å². The van der Waals surface area contributed by atoms with Gasteiger partial charge in [-0.3, -0.25) is 9.59 Å². The molecule has 0 atom stereocenters. The summed E-state index contributed by atoms with van der Waals surface area (Å²) in [5, 5.41) is 10.1. The van der Waals surface area contributed by atoms with Crippen LogP contribution in [0.25, 0.3) is 5.69 Å². The van der Waals surface area contributed by atoms with Crippen LogP contribution in [0, 0.1) is 6.92 Å². The van der Waals surface area contributed by atoms with E-state index in [4.69, 9.17) is 9.84 Å². The molecule has 0 fully saturated rings. The lowest BCUT2D eigenvalue weighted by molar-refractivity contribution is -0.141. The first-order chi connectivity index (χ1) is 15.5. The van der Waals surface area contributed by atoms with Gasteiger partial charge in [-0.25, -0.2) is 9.48 Å². The lowest BCUT2D eigenvalue weighted by Crippen LogP contribution is -2.46. The lowest BCUT2D eigenvalue weighted by Gasteiger charge is -2.22. The Morgan fingerprint density at radius 1 is 1.12 bits per heavy atom. The highest BCUT2D eigenvalue weighted by Crippen LogP contribution is 2.26. The third-order valence-corrected chi connectivity index (χ3v) is 4.83. The van der Waals surface area contributed by atoms with Gasteiger partial charge in [0.15, 0.2) is 0 Å². The molecule has 1 heterocycles. The van der Waals surface area contributed by atoms with Crippen molar-refractivity contribution in [1.82, 2.24) is 20.0 Å². The van der Waals surface area contributed by atoms with Gasteiger partial charge in [0.05, 0.1) is 18.0 Å². The Hall–Kier alpha value is -3.36. The molecule has 3 amide bonds. The van der Waals surface area contributed by atoms with Gasteiger partial charge in [-0.05, 0) is 32.4 Å². The van der Waals surface area contributed by atoms with Crippen LogP contribution in [0.2, 0.25) is 0 Å². The van der Waals surface area contributed by atoms with Gasteiger partial charge in [-0.1, -0.05) is 45.4 Å². The molecular formula is C24H35N5O4. The summed E-state index contributed by atoms with van der Waals surface area (Å²) in [6.07, 6.45) is 0.662. The number of rotatable bonds is 9. The molecule has 2 aromatic rings. The first kappa shape index (κ1) is 25.9. The molecule has 0 aliphatic carbocycles. The van der Waals surface area contributed by atoms with Gasteiger partial charge < -0.3 is 20.3 Å². The number of aromatic nitrogens is 2. The second kappa shape index (κ2) is 11.5. The van der Waals surface area contributed by atoms with Gasteiger partial charge in [0.25, 0.3) is 0 Å². The van der Waals surface area contributed by atoms with Crippen molar-refractivity contribution in [2.75, 3.05) is 31.6 Å². The number of nitrogens with one attached hydrogen (secondary N) is 2. The van der Waals surface area contributed by atoms with Crippen molar-refractivity contribution in [3.63, 3.8) is 0 Å². The summed E-state index contributed by atoms with van der Waals surface area (Å²) in [4.78, 5) is 38.3. The summed E-state index contributed by atoms with van der Waals surface area (Å²) in [7, 11) is 0. The monoisotopic (exact) mass is 457 g/mol. The minimum Gasteiger partial charge on any atom is -0.465 e. The third-order valence-electron chi connectivity index (χ3n) is 4.83. The summed E-state index contributed by atoms with van der Waals surface area (Å²) in [6.45, 7) is 12.0. The Labute approximate surface area is 195 Å². The summed E-state index contributed by atoms with van der Waals surface area (Å²) in [6, 6.07) is 9.20. The van der Waals surface area contributed by atoms with Crippen molar-refractivity contribution in [3.05, 3.63) is 41.6 Å². The van der Waals surface area contributed by atoms with Gasteiger partial charge in [-0.2, -0.15) is 5.10 Å². The zero-order valence-corrected chi connectivity index (χ0v) is 20.4. The van der Waals surface area contributed by atoms with Crippen LogP contribution in [0.3, 0.4) is 0 Å². The topological polar surface area (TPSA) is 106 Å². The van der Waals surface area contributed by atoms with Crippen LogP contribution < -0.4 is 10.6 Å². The highest BCUT2D eigenvalue weighted by Gasteiger charge is 2.23. The van der Waals surface area contributed by atoms with E-state index in [1.54, 1.807) is 11.6 Å². The number of amides is 3. The maximum Gasteiger partial charge on any atom is 0.325 e. The second-order valence-corrected chi connectivity index (χ2v) is 8.85. The summed E-state index contributed by atoms with van der Waals surface area (Å²) in [5.74, 6) is -0.357. The number of carbonyl (C=O) groups excluding carboxylic acids is 3. The number of aryl methyl sites for hydroxylation is 1. The highest BCUT2D eigenvalue weighted by atomic mass is 16.5. The van der Waals surface area contributed by atoms with E-state index in [2.05, 4.69) is 31.4 Å². The van der Waals surface area contributed by atoms with Gasteiger partial charge >= 0.3 is 12.0 Å². The average molecular weight is 458 g/mol. The lowest BCUT2D eigenvalue weighted by atomic mass is 9.92. The van der Waals surface area contributed by atoms with Crippen LogP contribution in [-0.2, 0) is 19.7 Å². The molecule has 9 nitrogen and oxygen atoms in total. The van der Waals surface area contributed by atoms with E-state index in [1.165, 1.54) is 4.90 Å². The van der Waals surface area contributed by atoms with Crippen molar-refractivity contribution in [3.8, 4) is 5.69 Å². The van der Waals surface area contributed by atoms with E-state index in [-0.39, 0.29) is 31.0 Å². The summed E-state index contributed by atoms with van der Waals surface area (Å²) >= 11 is 0. The molecule has 0 bridgehead atoms. The molecule has 2 N–H and O–H groups in total. The maximum atomic E-state index is 12.9. The Kier molecular flexibility index (Phi) is 9.02. The van der Waals surface area contributed by atoms with Gasteiger partial charge in [0.2, 0.25) is 5.91 Å². The third kappa shape index (κ3) is 7.62. The molecule has 1 aromatic carbocycles. The number of hydrogen-bond donors (Lipinski definition) is 2. The Bertz CT molecular complexity index is 960. The molecule has 33 heavy (non-hydrogen) atoms. The maximum absolute atomic E-state index is 12.9. The van der Waals surface area contributed by atoms with Crippen molar-refractivity contribution in [2.45, 2.75) is 53.4 Å². The fourth-order valence-corrected chi connectivity index (χ4v) is 3.07. The number of nitrogens with zero attached hydrogens (tertiary/aromatic N) is 3. The Morgan fingerprint density at radius 3 is 2.36 bits per heavy atom. The highest BCUT2D eigenvalue weighted by molar-refractivity contribution is 5.94. The zero-order chi connectivity index (χ0) is 24.6. The van der Waals surface area contributed by atoms with Crippen LogP contribution in [0.1, 0.15) is 52.3 Å². The molecule has 9 heteroatoms. The van der Waals surface area contributed by atoms with E-state index in [9.17, 15) is 14.4 Å². The normalized spacial score (nSPS) is 11.1. The van der Waals surface area contributed by atoms with Gasteiger partial charge in [-0.15, -0.1) is 0 Å². The number of ether oxygens (including phenoxy) is 1. The number of esters is 1. The minimum absolute atomic E-state index is 0.160. The standard InChI is InChI=1S/C24H35N5O4/c1-7-13-28(23(32)25-15-22(31)33-8-2)16-21(30)26-20-14-19(24(4,5)6)27-29(20)18-11-9-17(3)10-12-18/h9-12,14H,7-8,13,15-16H2,1-6H3,(H,25,32)(H,26,30). The molecule has 0 unspecified atom stereocenters. The largest absolute Gasteiger partial charge is 0.465 e. The van der Waals surface area contributed by atoms with E-state index in [0.29, 0.717) is 18.8 Å². The molecular weight excluding hydrogens is 422 g/mol. The number of hydrogen-bond acceptors (Lipinski definition) is 5. The summed E-state index contributed by atoms with van der Waals surface area (Å²) < 4.78 is 6.52. The number of urea groups is 1. The quantitative estimate of drug-likeness (QED) is 0.562. The van der Waals surface area contributed by atoms with Crippen LogP contribution in [-0.4, -0.2) is 58.8 Å². The minimum atomic E-state index is -0.525. The van der Waals surface area contributed by atoms with Crippen molar-refractivity contribution in [1.29, 1.82) is 0 Å². The van der Waals surface area contributed by atoms with Crippen LogP contribution in [0.4, 0.5) is 10.6 Å². The molecule has 180 valence electrons. The number of carbonyl (C=O) groups is 3. The van der Waals surface area contributed by atoms with Crippen LogP contribution in [0.5, 0.6) is 0 Å². The van der Waals surface area contributed by atoms with Crippen molar-refractivity contribution < 1.29 is 19.1 Å². The molecule has 2 rings (SSSR count). The first-order valence-electron chi connectivity index (χ1n) is 11.2. The smallest absolute Gasteiger partial charge is 0.325 e. The van der Waals surface area contributed by atoms with Gasteiger partial charge in [0, 0.05) is 18.0 Å². The molecule has 0 saturated carbocycles. The molecule has 0 saturated heterocycles. The molecule has 1 aromatic heterocycles. The molecule has 0 aliphatic heterocycles. The van der Waals surface area contributed by atoms with Crippen molar-refractivity contribution in [2.24, 2.45) is 0 Å². The van der Waals surface area contributed by atoms with E-state index in [0.717, 1.165) is 16.9 Å². The van der Waals surface area contributed by atoms with E-state index < -0.39 is 12.0 Å². The fourth-order valence-electron chi connectivity index (χ4n) is 3.07. The molecule has 0 radical (unpaired) electrons. The zero-order valence-electron chi connectivity index (χ0n) is 20.4. The fraction of sp³-hybridized carbons (Fsp3) is 0.500. The SMILES string of the molecule is CCCN(CC(=O)Nc1cc(C(C)(C)C)nn1-c1ccc(C)cc1)C(=O)NCC(=O)OCC. The van der Waals surface area contributed by atoms with E-state index in [1.807, 2.05) is 44.2 Å². The second-order valence-electron chi connectivity index (χ2n) is 8.85. The number of anilines is 1. The molecule has 0 spiro atoms. The Balaban J connectivity index is 2.18. The van der Waals surface area contributed by atoms with Gasteiger partial charge in [0.1, 0.15) is 18.9 Å². The average Bonchev–Trinajstić information content (AvgIpc) is 3.16. The summed E-state index contributed by atoms with van der Waals surface area (Å²) in [5.41, 5.74) is 2.56. The Morgan fingerprint density at radius 2 is 1.79 bits per heavy atom. The predicted molar refractivity (Wildman–Crippen MR) is 128 cm³/mol. The van der Waals surface area contributed by atoms with Crippen LogP contribution >= 0.6 is 0 Å². The van der Waals surface area contributed by atoms with Crippen LogP contribution in [0.15, 0.2) is 30.3 Å². The molecule has 0 aliphatic rings. The first-order valence-corrected chi connectivity index (χ1v) is 11.2. The number of benzene rings is 1. The predicted octanol–water partition coefficient (Wildman–Crippen LogP) is 3.40. The van der Waals surface area contributed by atoms with Crippen molar-refractivity contribution >= 4 is 23.7 Å².